The molecule has 1 aromatic carbocycles. The molecule has 0 radical (unpaired) electrons. The van der Waals surface area contributed by atoms with Gasteiger partial charge in [-0.05, 0) is 30.2 Å². The third kappa shape index (κ3) is 2.76. The molecule has 1 aliphatic rings. The lowest BCUT2D eigenvalue weighted by Crippen LogP contribution is -2.37. The van der Waals surface area contributed by atoms with Crippen molar-refractivity contribution in [2.45, 2.75) is 12.8 Å². The third-order valence-electron chi connectivity index (χ3n) is 3.23. The van der Waals surface area contributed by atoms with Gasteiger partial charge in [-0.3, -0.25) is 0 Å². The topological polar surface area (TPSA) is 38.5 Å². The Hall–Kier alpha value is -1.13. The van der Waals surface area contributed by atoms with E-state index < -0.39 is 0 Å². The largest absolute Gasteiger partial charge is 0.378 e. The first kappa shape index (κ1) is 12.3. The van der Waals surface area contributed by atoms with Gasteiger partial charge in [0.1, 0.15) is 5.82 Å². The Morgan fingerprint density at radius 1 is 1.41 bits per heavy atom. The van der Waals surface area contributed by atoms with E-state index in [2.05, 4.69) is 11.8 Å². The SMILES string of the molecule is CC(CN)c1ccc(F)cc1N1CCOCC1. The second-order valence-corrected chi connectivity index (χ2v) is 4.44. The maximum absolute atomic E-state index is 13.4. The molecule has 1 saturated heterocycles. The van der Waals surface area contributed by atoms with Gasteiger partial charge in [-0.15, -0.1) is 0 Å². The van der Waals surface area contributed by atoms with E-state index >= 15 is 0 Å². The van der Waals surface area contributed by atoms with Crippen LogP contribution in [0.15, 0.2) is 18.2 Å². The number of hydrogen-bond acceptors (Lipinski definition) is 3. The second-order valence-electron chi connectivity index (χ2n) is 4.44. The lowest BCUT2D eigenvalue weighted by Gasteiger charge is -2.31. The highest BCUT2D eigenvalue weighted by molar-refractivity contribution is 5.55. The minimum absolute atomic E-state index is 0.195. The smallest absolute Gasteiger partial charge is 0.125 e. The van der Waals surface area contributed by atoms with E-state index in [0.29, 0.717) is 19.8 Å². The van der Waals surface area contributed by atoms with Gasteiger partial charge >= 0.3 is 0 Å². The first-order valence-corrected chi connectivity index (χ1v) is 6.04. The predicted octanol–water partition coefficient (Wildman–Crippen LogP) is 1.72. The van der Waals surface area contributed by atoms with Crippen molar-refractivity contribution in [1.29, 1.82) is 0 Å². The zero-order valence-electron chi connectivity index (χ0n) is 10.2. The molecule has 1 aliphatic heterocycles. The lowest BCUT2D eigenvalue weighted by molar-refractivity contribution is 0.122. The minimum atomic E-state index is -0.195. The average molecular weight is 238 g/mol. The Balaban J connectivity index is 2.31. The standard InChI is InChI=1S/C13H19FN2O/c1-10(9-15)12-3-2-11(14)8-13(12)16-4-6-17-7-5-16/h2-3,8,10H,4-7,9,15H2,1H3. The van der Waals surface area contributed by atoms with Crippen LogP contribution in [0.1, 0.15) is 18.4 Å². The maximum Gasteiger partial charge on any atom is 0.125 e. The molecule has 94 valence electrons. The summed E-state index contributed by atoms with van der Waals surface area (Å²) in [7, 11) is 0. The molecule has 1 unspecified atom stereocenters. The van der Waals surface area contributed by atoms with Crippen molar-refractivity contribution >= 4 is 5.69 Å². The molecule has 0 amide bonds. The van der Waals surface area contributed by atoms with Gasteiger partial charge in [0.25, 0.3) is 0 Å². The normalized spacial score (nSPS) is 18.2. The molecule has 0 bridgehead atoms. The number of halogens is 1. The van der Waals surface area contributed by atoms with E-state index in [1.54, 1.807) is 6.07 Å². The summed E-state index contributed by atoms with van der Waals surface area (Å²) in [4.78, 5) is 2.17. The number of hydrogen-bond donors (Lipinski definition) is 1. The Labute approximate surface area is 101 Å². The molecule has 0 aromatic heterocycles. The summed E-state index contributed by atoms with van der Waals surface area (Å²) in [6, 6.07) is 4.95. The fourth-order valence-electron chi connectivity index (χ4n) is 2.14. The Bertz CT molecular complexity index is 378. The van der Waals surface area contributed by atoms with Crippen LogP contribution in [0.4, 0.5) is 10.1 Å². The van der Waals surface area contributed by atoms with Crippen molar-refractivity contribution in [2.75, 3.05) is 37.7 Å². The van der Waals surface area contributed by atoms with E-state index in [4.69, 9.17) is 10.5 Å². The molecule has 1 aromatic rings. The Morgan fingerprint density at radius 2 is 2.12 bits per heavy atom. The summed E-state index contributed by atoms with van der Waals surface area (Å²) in [5.74, 6) is 0.0490. The quantitative estimate of drug-likeness (QED) is 0.871. The summed E-state index contributed by atoms with van der Waals surface area (Å²) in [6.07, 6.45) is 0. The van der Waals surface area contributed by atoms with Crippen LogP contribution in [0.5, 0.6) is 0 Å². The minimum Gasteiger partial charge on any atom is -0.378 e. The number of morpholine rings is 1. The molecule has 2 rings (SSSR count). The van der Waals surface area contributed by atoms with Crippen LogP contribution in [-0.2, 0) is 4.74 Å². The van der Waals surface area contributed by atoms with E-state index in [9.17, 15) is 4.39 Å². The Morgan fingerprint density at radius 3 is 2.76 bits per heavy atom. The zero-order valence-corrected chi connectivity index (χ0v) is 10.2. The highest BCUT2D eigenvalue weighted by atomic mass is 19.1. The molecular formula is C13H19FN2O. The van der Waals surface area contributed by atoms with Crippen molar-refractivity contribution in [3.63, 3.8) is 0 Å². The highest BCUT2D eigenvalue weighted by Gasteiger charge is 2.18. The lowest BCUT2D eigenvalue weighted by atomic mass is 9.98. The third-order valence-corrected chi connectivity index (χ3v) is 3.23. The first-order chi connectivity index (χ1) is 8.22. The van der Waals surface area contributed by atoms with Gasteiger partial charge in [-0.25, -0.2) is 4.39 Å². The van der Waals surface area contributed by atoms with Crippen molar-refractivity contribution in [3.05, 3.63) is 29.6 Å². The van der Waals surface area contributed by atoms with Crippen LogP contribution in [0.2, 0.25) is 0 Å². The van der Waals surface area contributed by atoms with Gasteiger partial charge in [0.05, 0.1) is 13.2 Å². The van der Waals surface area contributed by atoms with Crippen LogP contribution in [0.25, 0.3) is 0 Å². The van der Waals surface area contributed by atoms with Gasteiger partial charge in [-0.1, -0.05) is 13.0 Å². The predicted molar refractivity (Wildman–Crippen MR) is 66.9 cm³/mol. The number of rotatable bonds is 3. The molecule has 0 saturated carbocycles. The fraction of sp³-hybridized carbons (Fsp3) is 0.538. The monoisotopic (exact) mass is 238 g/mol. The summed E-state index contributed by atoms with van der Waals surface area (Å²) in [6.45, 7) is 5.67. The van der Waals surface area contributed by atoms with Crippen LogP contribution in [0.3, 0.4) is 0 Å². The van der Waals surface area contributed by atoms with Gasteiger partial charge < -0.3 is 15.4 Å². The summed E-state index contributed by atoms with van der Waals surface area (Å²) >= 11 is 0. The molecule has 2 N–H and O–H groups in total. The van der Waals surface area contributed by atoms with Gasteiger partial charge in [0.15, 0.2) is 0 Å². The molecule has 1 fully saturated rings. The fourth-order valence-corrected chi connectivity index (χ4v) is 2.14. The number of nitrogens with zero attached hydrogens (tertiary/aromatic N) is 1. The summed E-state index contributed by atoms with van der Waals surface area (Å²) in [5.41, 5.74) is 7.79. The molecule has 17 heavy (non-hydrogen) atoms. The van der Waals surface area contributed by atoms with Crippen molar-refractivity contribution in [2.24, 2.45) is 5.73 Å². The highest BCUT2D eigenvalue weighted by Crippen LogP contribution is 2.28. The van der Waals surface area contributed by atoms with Crippen LogP contribution in [0, 0.1) is 5.82 Å². The zero-order chi connectivity index (χ0) is 12.3. The summed E-state index contributed by atoms with van der Waals surface area (Å²) < 4.78 is 18.7. The van der Waals surface area contributed by atoms with E-state index in [1.807, 2.05) is 6.07 Å². The molecule has 4 heteroatoms. The number of anilines is 1. The Kier molecular flexibility index (Phi) is 3.97. The molecular weight excluding hydrogens is 219 g/mol. The maximum atomic E-state index is 13.4. The van der Waals surface area contributed by atoms with E-state index in [0.717, 1.165) is 24.3 Å². The van der Waals surface area contributed by atoms with Gasteiger partial charge in [0.2, 0.25) is 0 Å². The second kappa shape index (κ2) is 5.47. The number of ether oxygens (including phenoxy) is 1. The van der Waals surface area contributed by atoms with Gasteiger partial charge in [-0.2, -0.15) is 0 Å². The molecule has 0 aliphatic carbocycles. The van der Waals surface area contributed by atoms with Crippen LogP contribution < -0.4 is 10.6 Å². The molecule has 0 spiro atoms. The molecule has 3 nitrogen and oxygen atoms in total. The van der Waals surface area contributed by atoms with Gasteiger partial charge in [0, 0.05) is 18.8 Å². The first-order valence-electron chi connectivity index (χ1n) is 6.04. The summed E-state index contributed by atoms with van der Waals surface area (Å²) in [5, 5.41) is 0. The average Bonchev–Trinajstić information content (AvgIpc) is 2.39. The van der Waals surface area contributed by atoms with Crippen LogP contribution in [-0.4, -0.2) is 32.8 Å². The van der Waals surface area contributed by atoms with E-state index in [1.165, 1.54) is 6.07 Å². The molecule has 1 atom stereocenters. The molecule has 1 heterocycles. The van der Waals surface area contributed by atoms with Crippen LogP contribution >= 0.6 is 0 Å². The number of nitrogens with two attached hydrogens (primary N) is 1. The number of benzene rings is 1. The van der Waals surface area contributed by atoms with E-state index in [-0.39, 0.29) is 11.7 Å². The van der Waals surface area contributed by atoms with Crippen molar-refractivity contribution < 1.29 is 9.13 Å². The van der Waals surface area contributed by atoms with Crippen molar-refractivity contribution in [3.8, 4) is 0 Å². The van der Waals surface area contributed by atoms with Crippen molar-refractivity contribution in [1.82, 2.24) is 0 Å².